The van der Waals surface area contributed by atoms with Crippen LogP contribution in [0, 0.1) is 13.8 Å². The van der Waals surface area contributed by atoms with E-state index in [-0.39, 0.29) is 5.91 Å². The molecule has 112 valence electrons. The number of hydrogen-bond donors (Lipinski definition) is 1. The minimum atomic E-state index is -0.619. The normalized spacial score (nSPS) is 16.5. The second-order valence-electron chi connectivity index (χ2n) is 5.73. The van der Waals surface area contributed by atoms with E-state index in [1.54, 1.807) is 6.07 Å². The molecule has 2 aromatic rings. The average Bonchev–Trinajstić information content (AvgIpc) is 2.89. The molecule has 0 bridgehead atoms. The summed E-state index contributed by atoms with van der Waals surface area (Å²) >= 11 is 0. The molecule has 0 fully saturated rings. The Morgan fingerprint density at radius 1 is 1.09 bits per heavy atom. The van der Waals surface area contributed by atoms with Crippen molar-refractivity contribution in [2.24, 2.45) is 5.73 Å². The van der Waals surface area contributed by atoms with E-state index < -0.39 is 11.9 Å². The molecule has 1 unspecified atom stereocenters. The topological polar surface area (TPSA) is 63.4 Å². The first-order valence-corrected chi connectivity index (χ1v) is 7.27. The Bertz CT molecular complexity index is 767. The van der Waals surface area contributed by atoms with Crippen molar-refractivity contribution in [2.75, 3.05) is 4.90 Å². The van der Waals surface area contributed by atoms with Gasteiger partial charge in [-0.1, -0.05) is 24.3 Å². The van der Waals surface area contributed by atoms with Crippen LogP contribution >= 0.6 is 0 Å². The van der Waals surface area contributed by atoms with Crippen LogP contribution in [0.3, 0.4) is 0 Å². The Kier molecular flexibility index (Phi) is 3.45. The highest BCUT2D eigenvalue weighted by Gasteiger charge is 2.37. The van der Waals surface area contributed by atoms with Crippen molar-refractivity contribution >= 4 is 17.5 Å². The predicted octanol–water partition coefficient (Wildman–Crippen LogP) is 2.36. The second kappa shape index (κ2) is 5.30. The van der Waals surface area contributed by atoms with Crippen LogP contribution in [0.15, 0.2) is 42.5 Å². The second-order valence-corrected chi connectivity index (χ2v) is 5.73. The third-order valence-electron chi connectivity index (χ3n) is 4.28. The number of carbonyl (C=O) groups is 2. The molecule has 4 nitrogen and oxygen atoms in total. The number of benzene rings is 2. The van der Waals surface area contributed by atoms with Crippen molar-refractivity contribution in [1.29, 1.82) is 0 Å². The molecule has 2 amide bonds. The lowest BCUT2D eigenvalue weighted by atomic mass is 10.0. The smallest absolute Gasteiger partial charge is 0.259 e. The molecule has 0 saturated carbocycles. The van der Waals surface area contributed by atoms with E-state index in [2.05, 4.69) is 0 Å². The van der Waals surface area contributed by atoms with Gasteiger partial charge in [0.1, 0.15) is 6.04 Å². The number of rotatable bonds is 2. The van der Waals surface area contributed by atoms with Crippen LogP contribution < -0.4 is 10.6 Å². The Morgan fingerprint density at radius 3 is 2.50 bits per heavy atom. The molecule has 1 heterocycles. The number of anilines is 1. The number of carbonyl (C=O) groups excluding carboxylic acids is 2. The van der Waals surface area contributed by atoms with Gasteiger partial charge in [-0.25, -0.2) is 0 Å². The van der Waals surface area contributed by atoms with Crippen molar-refractivity contribution < 1.29 is 9.59 Å². The molecule has 1 aliphatic heterocycles. The molecule has 2 aromatic carbocycles. The highest BCUT2D eigenvalue weighted by atomic mass is 16.2. The molecule has 0 radical (unpaired) electrons. The third-order valence-corrected chi connectivity index (χ3v) is 4.28. The van der Waals surface area contributed by atoms with E-state index >= 15 is 0 Å². The number of primary amides is 1. The number of nitrogens with zero attached hydrogens (tertiary/aromatic N) is 1. The quantitative estimate of drug-likeness (QED) is 0.924. The van der Waals surface area contributed by atoms with Crippen LogP contribution in [0.1, 0.15) is 27.0 Å². The lowest BCUT2D eigenvalue weighted by Crippen LogP contribution is -2.46. The first kappa shape index (κ1) is 14.3. The maximum Gasteiger partial charge on any atom is 0.259 e. The summed E-state index contributed by atoms with van der Waals surface area (Å²) < 4.78 is 0. The molecule has 1 atom stereocenters. The van der Waals surface area contributed by atoms with Crippen molar-refractivity contribution in [3.05, 3.63) is 64.7 Å². The lowest BCUT2D eigenvalue weighted by Gasteiger charge is -2.23. The number of hydrogen-bond acceptors (Lipinski definition) is 2. The zero-order valence-electron chi connectivity index (χ0n) is 12.7. The largest absolute Gasteiger partial charge is 0.368 e. The van der Waals surface area contributed by atoms with Gasteiger partial charge >= 0.3 is 0 Å². The SMILES string of the molecule is Cc1ccc(C(=O)N2c3ccccc3CC2C(N)=O)cc1C. The molecule has 0 saturated heterocycles. The van der Waals surface area contributed by atoms with Crippen molar-refractivity contribution in [2.45, 2.75) is 26.3 Å². The molecule has 2 N–H and O–H groups in total. The van der Waals surface area contributed by atoms with Gasteiger partial charge in [-0.05, 0) is 48.7 Å². The van der Waals surface area contributed by atoms with E-state index in [9.17, 15) is 9.59 Å². The van der Waals surface area contributed by atoms with Crippen molar-refractivity contribution in [3.63, 3.8) is 0 Å². The maximum atomic E-state index is 12.9. The number of para-hydroxylation sites is 1. The summed E-state index contributed by atoms with van der Waals surface area (Å²) in [4.78, 5) is 26.2. The van der Waals surface area contributed by atoms with Crippen molar-refractivity contribution in [1.82, 2.24) is 0 Å². The Labute approximate surface area is 129 Å². The molecule has 22 heavy (non-hydrogen) atoms. The number of aryl methyl sites for hydroxylation is 2. The predicted molar refractivity (Wildman–Crippen MR) is 85.9 cm³/mol. The highest BCUT2D eigenvalue weighted by molar-refractivity contribution is 6.11. The summed E-state index contributed by atoms with van der Waals surface area (Å²) in [6, 6.07) is 12.5. The molecular weight excluding hydrogens is 276 g/mol. The summed E-state index contributed by atoms with van der Waals surface area (Å²) in [5, 5.41) is 0. The van der Waals surface area contributed by atoms with Gasteiger partial charge in [0, 0.05) is 17.7 Å². The number of nitrogens with two attached hydrogens (primary N) is 1. The van der Waals surface area contributed by atoms with Crippen LogP contribution in [0.4, 0.5) is 5.69 Å². The summed E-state index contributed by atoms with van der Waals surface area (Å²) in [6.45, 7) is 3.97. The minimum absolute atomic E-state index is 0.183. The summed E-state index contributed by atoms with van der Waals surface area (Å²) in [6.07, 6.45) is 0.474. The van der Waals surface area contributed by atoms with Gasteiger partial charge in [0.25, 0.3) is 5.91 Å². The zero-order chi connectivity index (χ0) is 15.9. The summed E-state index contributed by atoms with van der Waals surface area (Å²) in [5.74, 6) is -0.662. The summed E-state index contributed by atoms with van der Waals surface area (Å²) in [7, 11) is 0. The van der Waals surface area contributed by atoms with Crippen LogP contribution in [0.25, 0.3) is 0 Å². The first-order chi connectivity index (χ1) is 10.5. The summed E-state index contributed by atoms with van der Waals surface area (Å²) in [5.41, 5.74) is 10.0. The molecular formula is C18H18N2O2. The Morgan fingerprint density at radius 2 is 1.82 bits per heavy atom. The van der Waals surface area contributed by atoms with Crippen LogP contribution in [-0.2, 0) is 11.2 Å². The molecule has 0 aromatic heterocycles. The fourth-order valence-corrected chi connectivity index (χ4v) is 2.88. The fraction of sp³-hybridized carbons (Fsp3) is 0.222. The Balaban J connectivity index is 2.05. The minimum Gasteiger partial charge on any atom is -0.368 e. The van der Waals surface area contributed by atoms with Crippen molar-refractivity contribution in [3.8, 4) is 0 Å². The van der Waals surface area contributed by atoms with Crippen LogP contribution in [-0.4, -0.2) is 17.9 Å². The van der Waals surface area contributed by atoms with Gasteiger partial charge < -0.3 is 5.73 Å². The molecule has 0 spiro atoms. The van der Waals surface area contributed by atoms with E-state index in [1.807, 2.05) is 50.2 Å². The standard InChI is InChI=1S/C18H18N2O2/c1-11-7-8-14(9-12(11)2)18(22)20-15-6-4-3-5-13(15)10-16(20)17(19)21/h3-9,16H,10H2,1-2H3,(H2,19,21). The highest BCUT2D eigenvalue weighted by Crippen LogP contribution is 2.33. The lowest BCUT2D eigenvalue weighted by molar-refractivity contribution is -0.119. The van der Waals surface area contributed by atoms with E-state index in [0.717, 1.165) is 22.4 Å². The molecule has 1 aliphatic rings. The van der Waals surface area contributed by atoms with Gasteiger partial charge in [-0.3, -0.25) is 14.5 Å². The number of fused-ring (bicyclic) bond motifs is 1. The Hall–Kier alpha value is -2.62. The van der Waals surface area contributed by atoms with Crippen LogP contribution in [0.5, 0.6) is 0 Å². The van der Waals surface area contributed by atoms with Gasteiger partial charge in [0.05, 0.1) is 0 Å². The maximum absolute atomic E-state index is 12.9. The van der Waals surface area contributed by atoms with Gasteiger partial charge in [-0.15, -0.1) is 0 Å². The monoisotopic (exact) mass is 294 g/mol. The van der Waals surface area contributed by atoms with E-state index in [1.165, 1.54) is 4.90 Å². The van der Waals surface area contributed by atoms with Gasteiger partial charge in [-0.2, -0.15) is 0 Å². The van der Waals surface area contributed by atoms with Crippen LogP contribution in [0.2, 0.25) is 0 Å². The van der Waals surface area contributed by atoms with E-state index in [4.69, 9.17) is 5.73 Å². The average molecular weight is 294 g/mol. The zero-order valence-corrected chi connectivity index (χ0v) is 12.7. The first-order valence-electron chi connectivity index (χ1n) is 7.27. The molecule has 0 aliphatic carbocycles. The molecule has 3 rings (SSSR count). The van der Waals surface area contributed by atoms with E-state index in [0.29, 0.717) is 12.0 Å². The van der Waals surface area contributed by atoms with Gasteiger partial charge in [0.2, 0.25) is 5.91 Å². The van der Waals surface area contributed by atoms with Gasteiger partial charge in [0.15, 0.2) is 0 Å². The number of amides is 2. The fourth-order valence-electron chi connectivity index (χ4n) is 2.88. The third kappa shape index (κ3) is 2.26. The molecule has 4 heteroatoms.